The summed E-state index contributed by atoms with van der Waals surface area (Å²) in [6.07, 6.45) is 2.35. The van der Waals surface area contributed by atoms with Crippen LogP contribution in [-0.4, -0.2) is 42.3 Å². The number of amides is 1. The molecule has 2 heterocycles. The number of hydrogen-bond acceptors (Lipinski definition) is 6. The number of hydrogen-bond donors (Lipinski definition) is 2. The molecule has 0 fully saturated rings. The summed E-state index contributed by atoms with van der Waals surface area (Å²) in [5.74, 6) is -1.51. The number of rotatable bonds is 3. The van der Waals surface area contributed by atoms with Crippen molar-refractivity contribution in [3.8, 4) is 5.69 Å². The number of carbonyl (C=O) groups is 2. The third kappa shape index (κ3) is 3.77. The van der Waals surface area contributed by atoms with Gasteiger partial charge < -0.3 is 9.84 Å². The van der Waals surface area contributed by atoms with Gasteiger partial charge in [-0.1, -0.05) is 0 Å². The molecule has 3 aromatic rings. The fourth-order valence-electron chi connectivity index (χ4n) is 2.23. The summed E-state index contributed by atoms with van der Waals surface area (Å²) in [5.41, 5.74) is 1.54. The van der Waals surface area contributed by atoms with E-state index in [0.29, 0.717) is 22.5 Å². The van der Waals surface area contributed by atoms with Crippen LogP contribution in [0, 0.1) is 0 Å². The summed E-state index contributed by atoms with van der Waals surface area (Å²) >= 11 is 0. The third-order valence-corrected chi connectivity index (χ3v) is 3.27. The zero-order valence-corrected chi connectivity index (χ0v) is 14.4. The quantitative estimate of drug-likeness (QED) is 0.741. The van der Waals surface area contributed by atoms with Crippen molar-refractivity contribution in [2.45, 2.75) is 26.4 Å². The Morgan fingerprint density at radius 1 is 1.15 bits per heavy atom. The Balaban J connectivity index is 1.85. The molecule has 0 saturated carbocycles. The lowest BCUT2D eigenvalue weighted by Gasteiger charge is -2.19. The molecule has 0 bridgehead atoms. The van der Waals surface area contributed by atoms with Crippen LogP contribution in [0.1, 0.15) is 31.4 Å². The van der Waals surface area contributed by atoms with Gasteiger partial charge in [0, 0.05) is 11.4 Å². The number of aromatic nitrogens is 4. The molecule has 0 aliphatic carbocycles. The highest BCUT2D eigenvalue weighted by molar-refractivity contribution is 5.86. The molecular weight excluding hydrogens is 338 g/mol. The maximum absolute atomic E-state index is 11.8. The summed E-state index contributed by atoms with van der Waals surface area (Å²) in [7, 11) is 0. The van der Waals surface area contributed by atoms with Crippen molar-refractivity contribution in [3.05, 3.63) is 42.6 Å². The lowest BCUT2D eigenvalue weighted by Crippen LogP contribution is -2.27. The second kappa shape index (κ2) is 6.43. The Morgan fingerprint density at radius 2 is 1.85 bits per heavy atom. The number of anilines is 1. The fraction of sp³-hybridized carbons (Fsp3) is 0.235. The first-order chi connectivity index (χ1) is 12.2. The van der Waals surface area contributed by atoms with E-state index in [2.05, 4.69) is 20.3 Å². The number of carbonyl (C=O) groups excluding carboxylic acids is 1. The van der Waals surface area contributed by atoms with E-state index in [-0.39, 0.29) is 5.82 Å². The lowest BCUT2D eigenvalue weighted by molar-refractivity contribution is 0.0633. The van der Waals surface area contributed by atoms with Gasteiger partial charge in [0.15, 0.2) is 5.65 Å². The van der Waals surface area contributed by atoms with Crippen molar-refractivity contribution >= 4 is 28.9 Å². The number of carboxylic acids is 1. The largest absolute Gasteiger partial charge is 0.475 e. The third-order valence-electron chi connectivity index (χ3n) is 3.27. The van der Waals surface area contributed by atoms with Crippen molar-refractivity contribution in [2.24, 2.45) is 0 Å². The molecule has 0 aliphatic heterocycles. The number of imidazole rings is 1. The van der Waals surface area contributed by atoms with Gasteiger partial charge in [0.2, 0.25) is 5.82 Å². The molecule has 0 radical (unpaired) electrons. The van der Waals surface area contributed by atoms with Crippen molar-refractivity contribution in [2.75, 3.05) is 5.32 Å². The maximum atomic E-state index is 11.8. The van der Waals surface area contributed by atoms with Gasteiger partial charge in [0.05, 0.1) is 6.20 Å². The molecule has 134 valence electrons. The number of benzene rings is 1. The smallest absolute Gasteiger partial charge is 0.412 e. The average molecular weight is 355 g/mol. The number of nitrogens with one attached hydrogen (secondary N) is 1. The summed E-state index contributed by atoms with van der Waals surface area (Å²) in [6.45, 7) is 5.35. The van der Waals surface area contributed by atoms with Gasteiger partial charge in [-0.25, -0.2) is 24.5 Å². The van der Waals surface area contributed by atoms with Crippen LogP contribution >= 0.6 is 0 Å². The van der Waals surface area contributed by atoms with E-state index in [1.807, 2.05) is 0 Å². The van der Waals surface area contributed by atoms with Gasteiger partial charge in [-0.15, -0.1) is 0 Å². The second-order valence-electron chi connectivity index (χ2n) is 6.50. The molecule has 0 aliphatic rings. The maximum Gasteiger partial charge on any atom is 0.412 e. The molecule has 9 heteroatoms. The second-order valence-corrected chi connectivity index (χ2v) is 6.50. The predicted octanol–water partition coefficient (Wildman–Crippen LogP) is 2.86. The zero-order chi connectivity index (χ0) is 18.9. The molecule has 0 spiro atoms. The van der Waals surface area contributed by atoms with Crippen LogP contribution in [0.3, 0.4) is 0 Å². The van der Waals surface area contributed by atoms with Crippen molar-refractivity contribution in [3.63, 3.8) is 0 Å². The minimum absolute atomic E-state index is 0.303. The van der Waals surface area contributed by atoms with Crippen molar-refractivity contribution in [1.82, 2.24) is 19.5 Å². The normalized spacial score (nSPS) is 11.3. The SMILES string of the molecule is CC(C)(C)OC(=O)Nc1ccc(-n2cnc3cnc(C(=O)O)nc32)cc1. The molecule has 0 atom stereocenters. The van der Waals surface area contributed by atoms with Gasteiger partial charge in [-0.3, -0.25) is 9.88 Å². The highest BCUT2D eigenvalue weighted by Crippen LogP contribution is 2.19. The van der Waals surface area contributed by atoms with Crippen LogP contribution in [0.4, 0.5) is 10.5 Å². The standard InChI is InChI=1S/C17H17N5O4/c1-17(2,3)26-16(25)20-10-4-6-11(7-5-10)22-9-19-12-8-18-13(15(23)24)21-14(12)22/h4-9H,1-3H3,(H,20,25)(H,23,24). The molecular formula is C17H17N5O4. The molecule has 26 heavy (non-hydrogen) atoms. The summed E-state index contributed by atoms with van der Waals surface area (Å²) in [5, 5.41) is 11.7. The lowest BCUT2D eigenvalue weighted by atomic mass is 10.2. The van der Waals surface area contributed by atoms with E-state index in [1.165, 1.54) is 12.5 Å². The fourth-order valence-corrected chi connectivity index (χ4v) is 2.23. The first-order valence-corrected chi connectivity index (χ1v) is 7.77. The first kappa shape index (κ1) is 17.3. The highest BCUT2D eigenvalue weighted by atomic mass is 16.6. The van der Waals surface area contributed by atoms with E-state index in [0.717, 1.165) is 0 Å². The monoisotopic (exact) mass is 355 g/mol. The minimum Gasteiger partial charge on any atom is -0.475 e. The Kier molecular flexibility index (Phi) is 4.29. The van der Waals surface area contributed by atoms with Gasteiger partial charge in [-0.2, -0.15) is 0 Å². The molecule has 0 saturated heterocycles. The predicted molar refractivity (Wildman–Crippen MR) is 93.5 cm³/mol. The van der Waals surface area contributed by atoms with Crippen LogP contribution in [0.5, 0.6) is 0 Å². The number of carboxylic acid groups (broad SMARTS) is 1. The van der Waals surface area contributed by atoms with E-state index < -0.39 is 17.7 Å². The van der Waals surface area contributed by atoms with E-state index in [9.17, 15) is 9.59 Å². The summed E-state index contributed by atoms with van der Waals surface area (Å²) in [6, 6.07) is 6.89. The Bertz CT molecular complexity index is 973. The molecule has 2 N–H and O–H groups in total. The van der Waals surface area contributed by atoms with Gasteiger partial charge in [-0.05, 0) is 45.0 Å². The number of ether oxygens (including phenoxy) is 1. The van der Waals surface area contributed by atoms with E-state index >= 15 is 0 Å². The molecule has 1 aromatic carbocycles. The average Bonchev–Trinajstić information content (AvgIpc) is 2.96. The van der Waals surface area contributed by atoms with Crippen molar-refractivity contribution in [1.29, 1.82) is 0 Å². The summed E-state index contributed by atoms with van der Waals surface area (Å²) < 4.78 is 6.84. The highest BCUT2D eigenvalue weighted by Gasteiger charge is 2.16. The van der Waals surface area contributed by atoms with E-state index in [1.54, 1.807) is 49.6 Å². The molecule has 9 nitrogen and oxygen atoms in total. The van der Waals surface area contributed by atoms with E-state index in [4.69, 9.17) is 9.84 Å². The number of nitrogens with zero attached hydrogens (tertiary/aromatic N) is 4. The summed E-state index contributed by atoms with van der Waals surface area (Å²) in [4.78, 5) is 34.8. The van der Waals surface area contributed by atoms with Crippen LogP contribution in [0.2, 0.25) is 0 Å². The molecule has 2 aromatic heterocycles. The molecule has 1 amide bonds. The van der Waals surface area contributed by atoms with Gasteiger partial charge in [0.25, 0.3) is 0 Å². The molecule has 0 unspecified atom stereocenters. The van der Waals surface area contributed by atoms with Crippen LogP contribution in [0.25, 0.3) is 16.9 Å². The minimum atomic E-state index is -1.21. The van der Waals surface area contributed by atoms with Crippen molar-refractivity contribution < 1.29 is 19.4 Å². The Hall–Kier alpha value is -3.49. The Morgan fingerprint density at radius 3 is 2.46 bits per heavy atom. The number of aromatic carboxylic acids is 1. The Labute approximate surface area is 148 Å². The zero-order valence-electron chi connectivity index (χ0n) is 14.4. The topological polar surface area (TPSA) is 119 Å². The van der Waals surface area contributed by atoms with Gasteiger partial charge in [0.1, 0.15) is 17.4 Å². The van der Waals surface area contributed by atoms with Crippen LogP contribution < -0.4 is 5.32 Å². The number of fused-ring (bicyclic) bond motifs is 1. The first-order valence-electron chi connectivity index (χ1n) is 7.77. The van der Waals surface area contributed by atoms with Crippen LogP contribution in [0.15, 0.2) is 36.8 Å². The van der Waals surface area contributed by atoms with Crippen LogP contribution in [-0.2, 0) is 4.74 Å². The molecule has 3 rings (SSSR count). The van der Waals surface area contributed by atoms with Gasteiger partial charge >= 0.3 is 12.1 Å².